The molecule has 1 heterocycles. The van der Waals surface area contributed by atoms with E-state index in [0.29, 0.717) is 5.76 Å². The zero-order chi connectivity index (χ0) is 17.9. The molecular formula is C17H12F3N3O2. The Bertz CT molecular complexity index is 876. The monoisotopic (exact) mass is 347 g/mol. The molecule has 3 rings (SSSR count). The van der Waals surface area contributed by atoms with Crippen LogP contribution >= 0.6 is 0 Å². The predicted octanol–water partition coefficient (Wildman–Crippen LogP) is 5.00. The lowest BCUT2D eigenvalue weighted by Crippen LogP contribution is -2.20. The first-order chi connectivity index (χ1) is 11.9. The SMILES string of the molecule is O=C(Nc1cccc(C(F)(F)F)c1)Nc1cc(-c2ccccc2)on1. The van der Waals surface area contributed by atoms with Crippen LogP contribution in [0.25, 0.3) is 11.3 Å². The highest BCUT2D eigenvalue weighted by Crippen LogP contribution is 2.30. The maximum atomic E-state index is 12.7. The Morgan fingerprint density at radius 3 is 2.44 bits per heavy atom. The molecule has 2 aromatic carbocycles. The molecule has 0 fully saturated rings. The minimum atomic E-state index is -4.48. The number of hydrogen-bond acceptors (Lipinski definition) is 3. The third-order valence-corrected chi connectivity index (χ3v) is 3.26. The number of aromatic nitrogens is 1. The second-order valence-electron chi connectivity index (χ2n) is 5.10. The van der Waals surface area contributed by atoms with Gasteiger partial charge >= 0.3 is 12.2 Å². The Balaban J connectivity index is 1.67. The fourth-order valence-corrected chi connectivity index (χ4v) is 2.12. The first-order valence-corrected chi connectivity index (χ1v) is 7.19. The average molecular weight is 347 g/mol. The standard InChI is InChI=1S/C17H12F3N3O2/c18-17(19,20)12-7-4-8-13(9-12)21-16(24)22-15-10-14(25-23-15)11-5-2-1-3-6-11/h1-10H,(H2,21,22,23,24). The largest absolute Gasteiger partial charge is 0.416 e. The summed E-state index contributed by atoms with van der Waals surface area (Å²) in [7, 11) is 0. The quantitative estimate of drug-likeness (QED) is 0.700. The van der Waals surface area contributed by atoms with Crippen LogP contribution in [0.1, 0.15) is 5.56 Å². The molecule has 0 bridgehead atoms. The van der Waals surface area contributed by atoms with Crippen molar-refractivity contribution >= 4 is 17.5 Å². The van der Waals surface area contributed by atoms with Crippen molar-refractivity contribution in [2.75, 3.05) is 10.6 Å². The van der Waals surface area contributed by atoms with Gasteiger partial charge in [0.1, 0.15) is 0 Å². The molecule has 5 nitrogen and oxygen atoms in total. The van der Waals surface area contributed by atoms with E-state index in [4.69, 9.17) is 4.52 Å². The van der Waals surface area contributed by atoms with Crippen LogP contribution in [0.2, 0.25) is 0 Å². The number of nitrogens with zero attached hydrogens (tertiary/aromatic N) is 1. The minimum absolute atomic E-state index is 0.0131. The van der Waals surface area contributed by atoms with E-state index in [-0.39, 0.29) is 11.5 Å². The first kappa shape index (κ1) is 16.6. The average Bonchev–Trinajstić information content (AvgIpc) is 3.03. The van der Waals surface area contributed by atoms with Crippen LogP contribution < -0.4 is 10.6 Å². The molecule has 128 valence electrons. The van der Waals surface area contributed by atoms with Crippen molar-refractivity contribution < 1.29 is 22.5 Å². The van der Waals surface area contributed by atoms with Crippen LogP contribution in [0.5, 0.6) is 0 Å². The maximum absolute atomic E-state index is 12.7. The van der Waals surface area contributed by atoms with E-state index >= 15 is 0 Å². The summed E-state index contributed by atoms with van der Waals surface area (Å²) in [5.74, 6) is 0.596. The smallest absolute Gasteiger partial charge is 0.354 e. The van der Waals surface area contributed by atoms with Crippen LogP contribution in [0.4, 0.5) is 29.5 Å². The van der Waals surface area contributed by atoms with Gasteiger partial charge < -0.3 is 9.84 Å². The second-order valence-corrected chi connectivity index (χ2v) is 5.10. The summed E-state index contributed by atoms with van der Waals surface area (Å²) in [6.07, 6.45) is -4.48. The lowest BCUT2D eigenvalue weighted by Gasteiger charge is -2.09. The molecule has 25 heavy (non-hydrogen) atoms. The molecule has 3 aromatic rings. The third-order valence-electron chi connectivity index (χ3n) is 3.26. The summed E-state index contributed by atoms with van der Waals surface area (Å²) in [6, 6.07) is 14.2. The number of nitrogens with one attached hydrogen (secondary N) is 2. The highest BCUT2D eigenvalue weighted by Gasteiger charge is 2.30. The molecule has 0 radical (unpaired) electrons. The van der Waals surface area contributed by atoms with Crippen molar-refractivity contribution in [1.82, 2.24) is 5.16 Å². The number of hydrogen-bond donors (Lipinski definition) is 2. The lowest BCUT2D eigenvalue weighted by atomic mass is 10.2. The van der Waals surface area contributed by atoms with Gasteiger partial charge in [-0.25, -0.2) is 4.79 Å². The van der Waals surface area contributed by atoms with Crippen molar-refractivity contribution in [2.24, 2.45) is 0 Å². The van der Waals surface area contributed by atoms with Crippen LogP contribution in [0, 0.1) is 0 Å². The fourth-order valence-electron chi connectivity index (χ4n) is 2.12. The van der Waals surface area contributed by atoms with E-state index in [1.54, 1.807) is 0 Å². The number of rotatable bonds is 3. The van der Waals surface area contributed by atoms with Gasteiger partial charge in [0.05, 0.1) is 5.56 Å². The number of benzene rings is 2. The number of anilines is 2. The van der Waals surface area contributed by atoms with E-state index < -0.39 is 17.8 Å². The van der Waals surface area contributed by atoms with Crippen molar-refractivity contribution in [3.8, 4) is 11.3 Å². The number of halogens is 3. The van der Waals surface area contributed by atoms with Gasteiger partial charge in [-0.1, -0.05) is 41.6 Å². The first-order valence-electron chi connectivity index (χ1n) is 7.19. The van der Waals surface area contributed by atoms with Crippen LogP contribution in [-0.2, 0) is 6.18 Å². The topological polar surface area (TPSA) is 67.2 Å². The minimum Gasteiger partial charge on any atom is -0.354 e. The molecule has 2 N–H and O–H groups in total. The summed E-state index contributed by atoms with van der Waals surface area (Å²) in [4.78, 5) is 11.9. The molecule has 8 heteroatoms. The van der Waals surface area contributed by atoms with Gasteiger partial charge in [0.25, 0.3) is 0 Å². The molecule has 0 atom stereocenters. The molecule has 2 amide bonds. The zero-order valence-electron chi connectivity index (χ0n) is 12.7. The fraction of sp³-hybridized carbons (Fsp3) is 0.0588. The Morgan fingerprint density at radius 2 is 1.72 bits per heavy atom. The van der Waals surface area contributed by atoms with Gasteiger partial charge in [0.2, 0.25) is 0 Å². The number of urea groups is 1. The highest BCUT2D eigenvalue weighted by atomic mass is 19.4. The Morgan fingerprint density at radius 1 is 0.960 bits per heavy atom. The Hall–Kier alpha value is -3.29. The van der Waals surface area contributed by atoms with E-state index in [9.17, 15) is 18.0 Å². The van der Waals surface area contributed by atoms with Crippen molar-refractivity contribution in [1.29, 1.82) is 0 Å². The molecule has 0 saturated carbocycles. The van der Waals surface area contributed by atoms with Crippen molar-refractivity contribution in [3.05, 3.63) is 66.2 Å². The van der Waals surface area contributed by atoms with Gasteiger partial charge in [-0.15, -0.1) is 0 Å². The van der Waals surface area contributed by atoms with Gasteiger partial charge in [0, 0.05) is 17.3 Å². The molecule has 0 saturated heterocycles. The zero-order valence-corrected chi connectivity index (χ0v) is 12.7. The molecule has 0 aliphatic rings. The molecule has 0 spiro atoms. The Labute approximate surface area is 140 Å². The summed E-state index contributed by atoms with van der Waals surface area (Å²) in [5.41, 5.74) is -0.0569. The van der Waals surface area contributed by atoms with Crippen molar-refractivity contribution in [2.45, 2.75) is 6.18 Å². The van der Waals surface area contributed by atoms with E-state index in [0.717, 1.165) is 17.7 Å². The molecular weight excluding hydrogens is 335 g/mol. The van der Waals surface area contributed by atoms with Gasteiger partial charge in [-0.3, -0.25) is 5.32 Å². The summed E-state index contributed by atoms with van der Waals surface area (Å²) in [5, 5.41) is 8.43. The van der Waals surface area contributed by atoms with Crippen molar-refractivity contribution in [3.63, 3.8) is 0 Å². The highest BCUT2D eigenvalue weighted by molar-refractivity contribution is 5.99. The molecule has 0 aliphatic heterocycles. The van der Waals surface area contributed by atoms with Crippen LogP contribution in [-0.4, -0.2) is 11.2 Å². The van der Waals surface area contributed by atoms with E-state index in [1.165, 1.54) is 18.2 Å². The number of carbonyl (C=O) groups is 1. The Kier molecular flexibility index (Phi) is 4.42. The summed E-state index contributed by atoms with van der Waals surface area (Å²) < 4.78 is 43.1. The predicted molar refractivity (Wildman–Crippen MR) is 86.0 cm³/mol. The number of alkyl halides is 3. The van der Waals surface area contributed by atoms with Gasteiger partial charge in [-0.05, 0) is 18.2 Å². The van der Waals surface area contributed by atoms with Crippen LogP contribution in [0.3, 0.4) is 0 Å². The lowest BCUT2D eigenvalue weighted by molar-refractivity contribution is -0.137. The molecule has 1 aromatic heterocycles. The van der Waals surface area contributed by atoms with Gasteiger partial charge in [-0.2, -0.15) is 13.2 Å². The second kappa shape index (κ2) is 6.68. The van der Waals surface area contributed by atoms with E-state index in [2.05, 4.69) is 15.8 Å². The summed E-state index contributed by atoms with van der Waals surface area (Å²) >= 11 is 0. The van der Waals surface area contributed by atoms with Crippen LogP contribution in [0.15, 0.2) is 65.2 Å². The molecule has 0 aliphatic carbocycles. The third kappa shape index (κ3) is 4.17. The number of amides is 2. The number of carbonyl (C=O) groups excluding carboxylic acids is 1. The van der Waals surface area contributed by atoms with Gasteiger partial charge in [0.15, 0.2) is 11.6 Å². The maximum Gasteiger partial charge on any atom is 0.416 e. The molecule has 0 unspecified atom stereocenters. The summed E-state index contributed by atoms with van der Waals surface area (Å²) in [6.45, 7) is 0. The normalized spacial score (nSPS) is 11.2. The van der Waals surface area contributed by atoms with E-state index in [1.807, 2.05) is 30.3 Å².